The molecule has 2 N–H and O–H groups in total. The number of rotatable bonds is 3. The molecule has 102 valence electrons. The average molecular weight is 259 g/mol. The van der Waals surface area contributed by atoms with Crippen LogP contribution in [0.4, 0.5) is 0 Å². The van der Waals surface area contributed by atoms with Crippen molar-refractivity contribution in [2.24, 2.45) is 10.7 Å². The maximum Gasteiger partial charge on any atom is 0.192 e. The zero-order valence-corrected chi connectivity index (χ0v) is 11.4. The first kappa shape index (κ1) is 12.5. The molecule has 2 aliphatic rings. The van der Waals surface area contributed by atoms with Crippen LogP contribution in [-0.4, -0.2) is 36.7 Å². The summed E-state index contributed by atoms with van der Waals surface area (Å²) in [7, 11) is 0. The first-order chi connectivity index (χ1) is 9.25. The van der Waals surface area contributed by atoms with E-state index in [1.165, 1.54) is 11.1 Å². The van der Waals surface area contributed by atoms with Crippen molar-refractivity contribution in [1.29, 1.82) is 0 Å². The van der Waals surface area contributed by atoms with Crippen LogP contribution in [0.1, 0.15) is 30.0 Å². The predicted molar refractivity (Wildman–Crippen MR) is 76.1 cm³/mol. The lowest BCUT2D eigenvalue weighted by Crippen LogP contribution is -2.41. The fraction of sp³-hybridized carbons (Fsp3) is 0.533. The summed E-state index contributed by atoms with van der Waals surface area (Å²) in [6.07, 6.45) is 2.59. The van der Waals surface area contributed by atoms with Crippen molar-refractivity contribution in [2.45, 2.75) is 31.9 Å². The van der Waals surface area contributed by atoms with Crippen LogP contribution in [0.3, 0.4) is 0 Å². The van der Waals surface area contributed by atoms with E-state index >= 15 is 0 Å². The molecule has 0 amide bonds. The minimum absolute atomic E-state index is 0.269. The Hall–Kier alpha value is -1.55. The summed E-state index contributed by atoms with van der Waals surface area (Å²) >= 11 is 0. The molecular weight excluding hydrogens is 238 g/mol. The fourth-order valence-electron chi connectivity index (χ4n) is 2.98. The van der Waals surface area contributed by atoms with Crippen LogP contribution in [-0.2, 0) is 4.74 Å². The van der Waals surface area contributed by atoms with Gasteiger partial charge in [-0.2, -0.15) is 0 Å². The first-order valence-corrected chi connectivity index (χ1v) is 6.99. The molecular formula is C15H21N3O. The van der Waals surface area contributed by atoms with Crippen LogP contribution >= 0.6 is 0 Å². The van der Waals surface area contributed by atoms with Gasteiger partial charge < -0.3 is 15.4 Å². The third kappa shape index (κ3) is 2.45. The molecule has 0 spiro atoms. The molecule has 2 atom stereocenters. The Morgan fingerprint density at radius 1 is 1.42 bits per heavy atom. The van der Waals surface area contributed by atoms with Gasteiger partial charge in [0.1, 0.15) is 0 Å². The van der Waals surface area contributed by atoms with Gasteiger partial charge in [0.25, 0.3) is 0 Å². The maximum absolute atomic E-state index is 6.06. The minimum atomic E-state index is 0.269. The molecule has 0 bridgehead atoms. The van der Waals surface area contributed by atoms with E-state index in [-0.39, 0.29) is 6.04 Å². The van der Waals surface area contributed by atoms with E-state index < -0.39 is 0 Å². The van der Waals surface area contributed by atoms with E-state index in [0.717, 1.165) is 32.5 Å². The SMILES string of the molecule is Cc1ccccc1C1CN=C(N)N1CC1CCCO1. The summed E-state index contributed by atoms with van der Waals surface area (Å²) in [4.78, 5) is 6.63. The first-order valence-electron chi connectivity index (χ1n) is 6.99. The number of hydrogen-bond acceptors (Lipinski definition) is 4. The number of aryl methyl sites for hydroxylation is 1. The van der Waals surface area contributed by atoms with Gasteiger partial charge in [-0.3, -0.25) is 4.99 Å². The van der Waals surface area contributed by atoms with Gasteiger partial charge in [-0.15, -0.1) is 0 Å². The third-order valence-corrected chi connectivity index (χ3v) is 4.07. The Balaban J connectivity index is 1.79. The molecule has 0 aromatic heterocycles. The lowest BCUT2D eigenvalue weighted by atomic mass is 10.0. The van der Waals surface area contributed by atoms with E-state index in [0.29, 0.717) is 12.1 Å². The van der Waals surface area contributed by atoms with Gasteiger partial charge in [0, 0.05) is 13.2 Å². The largest absolute Gasteiger partial charge is 0.376 e. The lowest BCUT2D eigenvalue weighted by Gasteiger charge is -2.29. The Morgan fingerprint density at radius 3 is 3.00 bits per heavy atom. The number of benzene rings is 1. The third-order valence-electron chi connectivity index (χ3n) is 4.07. The molecule has 4 heteroatoms. The quantitative estimate of drug-likeness (QED) is 0.901. The molecule has 0 aliphatic carbocycles. The number of aliphatic imine (C=N–C) groups is 1. The monoisotopic (exact) mass is 259 g/mol. The van der Waals surface area contributed by atoms with E-state index in [9.17, 15) is 0 Å². The van der Waals surface area contributed by atoms with Crippen LogP contribution < -0.4 is 5.73 Å². The van der Waals surface area contributed by atoms with Crippen LogP contribution in [0.25, 0.3) is 0 Å². The van der Waals surface area contributed by atoms with Crippen LogP contribution in [0.2, 0.25) is 0 Å². The lowest BCUT2D eigenvalue weighted by molar-refractivity contribution is 0.0852. The normalized spacial score (nSPS) is 26.8. The van der Waals surface area contributed by atoms with Crippen molar-refractivity contribution in [3.8, 4) is 0 Å². The van der Waals surface area contributed by atoms with Gasteiger partial charge in [-0.25, -0.2) is 0 Å². The summed E-state index contributed by atoms with van der Waals surface area (Å²) in [5.74, 6) is 0.656. The van der Waals surface area contributed by atoms with Gasteiger partial charge in [0.15, 0.2) is 5.96 Å². The number of guanidine groups is 1. The van der Waals surface area contributed by atoms with E-state index in [2.05, 4.69) is 41.1 Å². The van der Waals surface area contributed by atoms with Gasteiger partial charge >= 0.3 is 0 Å². The Kier molecular flexibility index (Phi) is 3.42. The van der Waals surface area contributed by atoms with Crippen LogP contribution in [0.15, 0.2) is 29.3 Å². The molecule has 1 saturated heterocycles. The Morgan fingerprint density at radius 2 is 2.26 bits per heavy atom. The molecule has 3 rings (SSSR count). The summed E-state index contributed by atoms with van der Waals surface area (Å²) < 4.78 is 5.73. The highest BCUT2D eigenvalue weighted by Gasteiger charge is 2.31. The Labute approximate surface area is 114 Å². The topological polar surface area (TPSA) is 50.8 Å². The van der Waals surface area contributed by atoms with Crippen LogP contribution in [0, 0.1) is 6.92 Å². The smallest absolute Gasteiger partial charge is 0.192 e. The molecule has 4 nitrogen and oxygen atoms in total. The van der Waals surface area contributed by atoms with Crippen molar-refractivity contribution in [3.05, 3.63) is 35.4 Å². The molecule has 19 heavy (non-hydrogen) atoms. The van der Waals surface area contributed by atoms with Gasteiger partial charge in [0.05, 0.1) is 18.7 Å². The number of nitrogens with zero attached hydrogens (tertiary/aromatic N) is 2. The summed E-state index contributed by atoms with van der Waals surface area (Å²) in [5.41, 5.74) is 8.68. The molecule has 2 heterocycles. The van der Waals surface area contributed by atoms with Crippen molar-refractivity contribution in [1.82, 2.24) is 4.90 Å². The maximum atomic E-state index is 6.06. The van der Waals surface area contributed by atoms with Crippen molar-refractivity contribution in [2.75, 3.05) is 19.7 Å². The zero-order chi connectivity index (χ0) is 13.2. The summed E-state index contributed by atoms with van der Waals surface area (Å²) in [5, 5.41) is 0. The number of nitrogens with two attached hydrogens (primary N) is 1. The second kappa shape index (κ2) is 5.21. The molecule has 1 aromatic rings. The summed E-state index contributed by atoms with van der Waals surface area (Å²) in [6.45, 7) is 4.64. The standard InChI is InChI=1S/C15H21N3O/c1-11-5-2-3-7-13(11)14-9-17-15(16)18(14)10-12-6-4-8-19-12/h2-3,5,7,12,14H,4,6,8-10H2,1H3,(H2,16,17). The molecule has 1 aromatic carbocycles. The van der Waals surface area contributed by atoms with E-state index in [4.69, 9.17) is 10.5 Å². The highest BCUT2D eigenvalue weighted by molar-refractivity contribution is 5.80. The predicted octanol–water partition coefficient (Wildman–Crippen LogP) is 1.85. The molecule has 0 saturated carbocycles. The average Bonchev–Trinajstić information content (AvgIpc) is 3.03. The van der Waals surface area contributed by atoms with Gasteiger partial charge in [-0.1, -0.05) is 24.3 Å². The highest BCUT2D eigenvalue weighted by atomic mass is 16.5. The molecule has 2 unspecified atom stereocenters. The van der Waals surface area contributed by atoms with E-state index in [1.807, 2.05) is 0 Å². The van der Waals surface area contributed by atoms with Crippen LogP contribution in [0.5, 0.6) is 0 Å². The van der Waals surface area contributed by atoms with Gasteiger partial charge in [0.2, 0.25) is 0 Å². The second-order valence-corrected chi connectivity index (χ2v) is 5.36. The van der Waals surface area contributed by atoms with E-state index in [1.54, 1.807) is 0 Å². The van der Waals surface area contributed by atoms with Crippen molar-refractivity contribution >= 4 is 5.96 Å². The Bertz CT molecular complexity index is 480. The minimum Gasteiger partial charge on any atom is -0.376 e. The number of hydrogen-bond donors (Lipinski definition) is 1. The summed E-state index contributed by atoms with van der Waals surface area (Å²) in [6, 6.07) is 8.75. The zero-order valence-electron chi connectivity index (χ0n) is 11.4. The second-order valence-electron chi connectivity index (χ2n) is 5.36. The fourth-order valence-corrected chi connectivity index (χ4v) is 2.98. The van der Waals surface area contributed by atoms with Crippen molar-refractivity contribution < 1.29 is 4.74 Å². The molecule has 0 radical (unpaired) electrons. The highest BCUT2D eigenvalue weighted by Crippen LogP contribution is 2.29. The van der Waals surface area contributed by atoms with Gasteiger partial charge in [-0.05, 0) is 30.9 Å². The van der Waals surface area contributed by atoms with Crippen molar-refractivity contribution in [3.63, 3.8) is 0 Å². The molecule has 1 fully saturated rings. The molecule has 2 aliphatic heterocycles. The number of ether oxygens (including phenoxy) is 1.